The standard InChI is InChI=1S/C17H18F2N6O3S/c18-15(19)9-24-11-22-14-7-12(1-2-13(14)17(24)26)23-3-5-25(6-4-23)29(27,28)16-8-20-10-21-16/h1-2,7-8,10-11,15H,3-6,9H2,(H,20,21). The first kappa shape index (κ1) is 19.5. The molecule has 0 atom stereocenters. The van der Waals surface area contributed by atoms with Crippen LogP contribution in [0.2, 0.25) is 0 Å². The van der Waals surface area contributed by atoms with Gasteiger partial charge in [-0.2, -0.15) is 4.31 Å². The van der Waals surface area contributed by atoms with E-state index in [1.165, 1.54) is 16.8 Å². The fourth-order valence-corrected chi connectivity index (χ4v) is 4.65. The summed E-state index contributed by atoms with van der Waals surface area (Å²) in [5.74, 6) is 0. The van der Waals surface area contributed by atoms with Crippen LogP contribution < -0.4 is 10.5 Å². The van der Waals surface area contributed by atoms with Crippen LogP contribution in [-0.2, 0) is 16.6 Å². The maximum absolute atomic E-state index is 12.6. The number of rotatable bonds is 5. The van der Waals surface area contributed by atoms with Gasteiger partial charge >= 0.3 is 0 Å². The number of sulfonamides is 1. The van der Waals surface area contributed by atoms with Crippen LogP contribution in [0, 0.1) is 0 Å². The van der Waals surface area contributed by atoms with E-state index >= 15 is 0 Å². The van der Waals surface area contributed by atoms with Gasteiger partial charge in [0.1, 0.15) is 0 Å². The molecule has 0 unspecified atom stereocenters. The highest BCUT2D eigenvalue weighted by molar-refractivity contribution is 7.89. The lowest BCUT2D eigenvalue weighted by Gasteiger charge is -2.35. The maximum Gasteiger partial charge on any atom is 0.261 e. The smallest absolute Gasteiger partial charge is 0.261 e. The third kappa shape index (κ3) is 3.72. The molecule has 12 heteroatoms. The van der Waals surface area contributed by atoms with Crippen LogP contribution in [0.3, 0.4) is 0 Å². The van der Waals surface area contributed by atoms with Crippen molar-refractivity contribution in [1.82, 2.24) is 23.8 Å². The summed E-state index contributed by atoms with van der Waals surface area (Å²) >= 11 is 0. The Morgan fingerprint density at radius 1 is 1.17 bits per heavy atom. The summed E-state index contributed by atoms with van der Waals surface area (Å²) in [6, 6.07) is 5.00. The molecule has 1 aliphatic heterocycles. The zero-order chi connectivity index (χ0) is 20.6. The molecule has 0 radical (unpaired) electrons. The van der Waals surface area contributed by atoms with Crippen molar-refractivity contribution >= 4 is 26.6 Å². The van der Waals surface area contributed by atoms with Gasteiger partial charge in [0.2, 0.25) is 0 Å². The van der Waals surface area contributed by atoms with E-state index in [0.29, 0.717) is 31.7 Å². The second-order valence-corrected chi connectivity index (χ2v) is 8.51. The number of nitrogens with one attached hydrogen (secondary N) is 1. The SMILES string of the molecule is O=c1c2ccc(N3CCN(S(=O)(=O)c4cnc[nH]4)CC3)cc2ncn1CC(F)F. The molecule has 2 aromatic heterocycles. The van der Waals surface area contributed by atoms with Gasteiger partial charge in [-0.25, -0.2) is 27.2 Å². The lowest BCUT2D eigenvalue weighted by molar-refractivity contribution is 0.125. The van der Waals surface area contributed by atoms with Crippen molar-refractivity contribution in [3.8, 4) is 0 Å². The summed E-state index contributed by atoms with van der Waals surface area (Å²) in [5.41, 5.74) is 0.678. The number of halogens is 2. The molecule has 29 heavy (non-hydrogen) atoms. The van der Waals surface area contributed by atoms with Crippen LogP contribution in [0.25, 0.3) is 10.9 Å². The Balaban J connectivity index is 1.52. The minimum absolute atomic E-state index is 0.0564. The number of hydrogen-bond acceptors (Lipinski definition) is 6. The summed E-state index contributed by atoms with van der Waals surface area (Å²) < 4.78 is 52.5. The first-order chi connectivity index (χ1) is 13.9. The zero-order valence-electron chi connectivity index (χ0n) is 15.2. The molecular weight excluding hydrogens is 406 g/mol. The van der Waals surface area contributed by atoms with Crippen LogP contribution in [-0.4, -0.2) is 64.8 Å². The molecule has 0 amide bonds. The van der Waals surface area contributed by atoms with Gasteiger partial charge in [-0.1, -0.05) is 0 Å². The number of piperazine rings is 1. The van der Waals surface area contributed by atoms with Crippen molar-refractivity contribution in [3.05, 3.63) is 47.4 Å². The molecule has 154 valence electrons. The summed E-state index contributed by atoms with van der Waals surface area (Å²) in [5, 5.41) is 0.318. The minimum Gasteiger partial charge on any atom is -0.369 e. The first-order valence-corrected chi connectivity index (χ1v) is 10.3. The fraction of sp³-hybridized carbons (Fsp3) is 0.353. The molecule has 1 saturated heterocycles. The molecule has 1 fully saturated rings. The van der Waals surface area contributed by atoms with E-state index in [1.54, 1.807) is 18.2 Å². The van der Waals surface area contributed by atoms with E-state index in [4.69, 9.17) is 0 Å². The zero-order valence-corrected chi connectivity index (χ0v) is 16.0. The van der Waals surface area contributed by atoms with Crippen LogP contribution in [0.5, 0.6) is 0 Å². The van der Waals surface area contributed by atoms with Crippen LogP contribution in [0.4, 0.5) is 14.5 Å². The number of aromatic amines is 1. The molecule has 9 nitrogen and oxygen atoms in total. The number of fused-ring (bicyclic) bond motifs is 1. The topological polar surface area (TPSA) is 104 Å². The van der Waals surface area contributed by atoms with E-state index in [2.05, 4.69) is 15.0 Å². The van der Waals surface area contributed by atoms with Crippen LogP contribution in [0.15, 0.2) is 46.9 Å². The number of hydrogen-bond donors (Lipinski definition) is 1. The Bertz CT molecular complexity index is 1170. The number of H-pyrrole nitrogens is 1. The number of aromatic nitrogens is 4. The molecule has 1 aromatic carbocycles. The van der Waals surface area contributed by atoms with Crippen molar-refractivity contribution in [2.75, 3.05) is 31.1 Å². The third-order valence-corrected chi connectivity index (χ3v) is 6.66. The average Bonchev–Trinajstić information content (AvgIpc) is 3.25. The number of imidazole rings is 1. The maximum atomic E-state index is 12.6. The van der Waals surface area contributed by atoms with Gasteiger partial charge in [-0.3, -0.25) is 9.36 Å². The Morgan fingerprint density at radius 3 is 2.59 bits per heavy atom. The van der Waals surface area contributed by atoms with Crippen molar-refractivity contribution in [2.45, 2.75) is 18.0 Å². The van der Waals surface area contributed by atoms with Gasteiger partial charge in [0.05, 0.1) is 36.3 Å². The Hall–Kier alpha value is -2.86. The molecule has 1 N–H and O–H groups in total. The highest BCUT2D eigenvalue weighted by Crippen LogP contribution is 2.22. The second kappa shape index (κ2) is 7.52. The second-order valence-electron chi connectivity index (χ2n) is 6.60. The third-order valence-electron chi connectivity index (χ3n) is 4.84. The van der Waals surface area contributed by atoms with Crippen LogP contribution >= 0.6 is 0 Å². The van der Waals surface area contributed by atoms with E-state index < -0.39 is 28.6 Å². The number of anilines is 1. The number of nitrogens with zero attached hydrogens (tertiary/aromatic N) is 5. The highest BCUT2D eigenvalue weighted by Gasteiger charge is 2.29. The predicted molar refractivity (Wildman–Crippen MR) is 102 cm³/mol. The van der Waals surface area contributed by atoms with E-state index in [9.17, 15) is 22.0 Å². The van der Waals surface area contributed by atoms with Gasteiger partial charge < -0.3 is 9.88 Å². The summed E-state index contributed by atoms with van der Waals surface area (Å²) in [6.07, 6.45) is 1.08. The van der Waals surface area contributed by atoms with Crippen LogP contribution in [0.1, 0.15) is 0 Å². The van der Waals surface area contributed by atoms with Gasteiger partial charge in [-0.15, -0.1) is 0 Å². The summed E-state index contributed by atoms with van der Waals surface area (Å²) in [4.78, 5) is 24.8. The van der Waals surface area contributed by atoms with E-state index in [-0.39, 0.29) is 10.4 Å². The molecule has 3 aromatic rings. The van der Waals surface area contributed by atoms with Gasteiger partial charge in [0, 0.05) is 31.9 Å². The molecule has 1 aliphatic rings. The molecule has 0 spiro atoms. The fourth-order valence-electron chi connectivity index (χ4n) is 3.33. The average molecular weight is 424 g/mol. The molecule has 0 bridgehead atoms. The normalized spacial score (nSPS) is 16.0. The largest absolute Gasteiger partial charge is 0.369 e. The van der Waals surface area contributed by atoms with Gasteiger partial charge in [0.25, 0.3) is 22.0 Å². The Kier molecular flexibility index (Phi) is 5.04. The summed E-state index contributed by atoms with van der Waals surface area (Å²) in [7, 11) is -3.61. The predicted octanol–water partition coefficient (Wildman–Crippen LogP) is 0.896. The lowest BCUT2D eigenvalue weighted by Crippen LogP contribution is -2.48. The molecular formula is C17H18F2N6O3S. The van der Waals surface area contributed by atoms with E-state index in [1.807, 2.05) is 4.90 Å². The molecule has 0 aliphatic carbocycles. The molecule has 0 saturated carbocycles. The Labute approximate surface area is 164 Å². The lowest BCUT2D eigenvalue weighted by atomic mass is 10.2. The van der Waals surface area contributed by atoms with Crippen molar-refractivity contribution in [1.29, 1.82) is 0 Å². The van der Waals surface area contributed by atoms with Crippen molar-refractivity contribution in [3.63, 3.8) is 0 Å². The Morgan fingerprint density at radius 2 is 1.93 bits per heavy atom. The van der Waals surface area contributed by atoms with Gasteiger partial charge in [0.15, 0.2) is 5.03 Å². The van der Waals surface area contributed by atoms with Gasteiger partial charge in [-0.05, 0) is 18.2 Å². The molecule has 3 heterocycles. The van der Waals surface area contributed by atoms with Crippen molar-refractivity contribution < 1.29 is 17.2 Å². The van der Waals surface area contributed by atoms with E-state index in [0.717, 1.165) is 16.6 Å². The minimum atomic E-state index is -3.61. The monoisotopic (exact) mass is 424 g/mol. The molecule has 4 rings (SSSR count). The number of benzene rings is 1. The summed E-state index contributed by atoms with van der Waals surface area (Å²) in [6.45, 7) is 0.810. The highest BCUT2D eigenvalue weighted by atomic mass is 32.2. The van der Waals surface area contributed by atoms with Crippen molar-refractivity contribution in [2.24, 2.45) is 0 Å². The number of alkyl halides is 2. The quantitative estimate of drug-likeness (QED) is 0.653. The first-order valence-electron chi connectivity index (χ1n) is 8.87.